The van der Waals surface area contributed by atoms with Gasteiger partial charge in [-0.05, 0) is 18.2 Å². The Morgan fingerprint density at radius 2 is 1.95 bits per heavy atom. The van der Waals surface area contributed by atoms with E-state index in [1.165, 1.54) is 6.07 Å². The fourth-order valence-corrected chi connectivity index (χ4v) is 1.24. The van der Waals surface area contributed by atoms with Crippen molar-refractivity contribution in [3.8, 4) is 0 Å². The molecule has 0 bridgehead atoms. The number of anilines is 1. The first-order valence-corrected chi connectivity index (χ1v) is 4.97. The number of halogens is 3. The third-order valence-corrected chi connectivity index (χ3v) is 2.10. The molecule has 0 saturated heterocycles. The number of carbonyl (C=O) groups excluding carboxylic acids is 2. The summed E-state index contributed by atoms with van der Waals surface area (Å²) >= 11 is 0. The maximum Gasteiger partial charge on any atom is 0.416 e. The molecule has 0 aliphatic rings. The molecule has 0 saturated carbocycles. The molecule has 102 valence electrons. The SMILES string of the molecule is CC(=O)/C(=N\O)C(=O)Nc1cccc(C(F)(F)F)c1. The number of carbonyl (C=O) groups is 2. The van der Waals surface area contributed by atoms with Gasteiger partial charge in [0, 0.05) is 12.6 Å². The molecule has 0 radical (unpaired) electrons. The van der Waals surface area contributed by atoms with Gasteiger partial charge in [0.05, 0.1) is 5.56 Å². The van der Waals surface area contributed by atoms with Gasteiger partial charge >= 0.3 is 6.18 Å². The number of alkyl halides is 3. The number of nitrogens with zero attached hydrogens (tertiary/aromatic N) is 1. The van der Waals surface area contributed by atoms with Crippen molar-refractivity contribution in [2.24, 2.45) is 5.16 Å². The largest absolute Gasteiger partial charge is 0.416 e. The van der Waals surface area contributed by atoms with Crippen molar-refractivity contribution in [1.82, 2.24) is 0 Å². The molecule has 0 heterocycles. The first-order valence-electron chi connectivity index (χ1n) is 4.97. The van der Waals surface area contributed by atoms with E-state index in [-0.39, 0.29) is 5.69 Å². The molecule has 0 aliphatic carbocycles. The normalized spacial score (nSPS) is 12.1. The van der Waals surface area contributed by atoms with Crippen LogP contribution in [0.3, 0.4) is 0 Å². The lowest BCUT2D eigenvalue weighted by Crippen LogP contribution is -2.28. The van der Waals surface area contributed by atoms with Crippen LogP contribution in [0.1, 0.15) is 12.5 Å². The van der Waals surface area contributed by atoms with Gasteiger partial charge in [0.1, 0.15) is 0 Å². The van der Waals surface area contributed by atoms with Crippen LogP contribution < -0.4 is 5.32 Å². The first kappa shape index (κ1) is 14.7. The van der Waals surface area contributed by atoms with Crippen LogP contribution in [0.25, 0.3) is 0 Å². The predicted molar refractivity (Wildman–Crippen MR) is 60.0 cm³/mol. The minimum absolute atomic E-state index is 0.165. The molecule has 1 aromatic carbocycles. The molecular weight excluding hydrogens is 265 g/mol. The molecule has 5 nitrogen and oxygen atoms in total. The van der Waals surface area contributed by atoms with Crippen LogP contribution in [0.15, 0.2) is 29.4 Å². The first-order chi connectivity index (χ1) is 8.75. The monoisotopic (exact) mass is 274 g/mol. The summed E-state index contributed by atoms with van der Waals surface area (Å²) in [6, 6.07) is 3.85. The maximum absolute atomic E-state index is 12.4. The van der Waals surface area contributed by atoms with E-state index in [2.05, 4.69) is 5.16 Å². The van der Waals surface area contributed by atoms with E-state index in [1.807, 2.05) is 5.32 Å². The number of rotatable bonds is 3. The molecule has 0 aromatic heterocycles. The number of oxime groups is 1. The lowest BCUT2D eigenvalue weighted by molar-refractivity contribution is -0.137. The third-order valence-electron chi connectivity index (χ3n) is 2.10. The highest BCUT2D eigenvalue weighted by molar-refractivity contribution is 6.67. The van der Waals surface area contributed by atoms with Crippen molar-refractivity contribution in [3.63, 3.8) is 0 Å². The lowest BCUT2D eigenvalue weighted by atomic mass is 10.2. The van der Waals surface area contributed by atoms with E-state index in [9.17, 15) is 22.8 Å². The van der Waals surface area contributed by atoms with Crippen molar-refractivity contribution in [3.05, 3.63) is 29.8 Å². The minimum atomic E-state index is -4.55. The summed E-state index contributed by atoms with van der Waals surface area (Å²) in [5.74, 6) is -1.90. The summed E-state index contributed by atoms with van der Waals surface area (Å²) in [6.45, 7) is 0.987. The number of amides is 1. The molecule has 0 spiro atoms. The Kier molecular flexibility index (Phi) is 4.26. The molecule has 1 aromatic rings. The second-order valence-corrected chi connectivity index (χ2v) is 3.54. The van der Waals surface area contributed by atoms with Gasteiger partial charge in [-0.15, -0.1) is 0 Å². The molecule has 0 aliphatic heterocycles. The molecule has 1 rings (SSSR count). The smallest absolute Gasteiger partial charge is 0.410 e. The second kappa shape index (κ2) is 5.51. The van der Waals surface area contributed by atoms with E-state index in [4.69, 9.17) is 5.21 Å². The fraction of sp³-hybridized carbons (Fsp3) is 0.182. The van der Waals surface area contributed by atoms with Crippen molar-refractivity contribution < 1.29 is 28.0 Å². The Bertz CT molecular complexity index is 538. The van der Waals surface area contributed by atoms with Crippen LogP contribution in [-0.4, -0.2) is 22.6 Å². The molecule has 0 unspecified atom stereocenters. The van der Waals surface area contributed by atoms with Crippen LogP contribution in [0, 0.1) is 0 Å². The molecular formula is C11H9F3N2O3. The number of benzene rings is 1. The van der Waals surface area contributed by atoms with Crippen LogP contribution in [0.5, 0.6) is 0 Å². The number of Topliss-reactive ketones (excluding diaryl/α,β-unsaturated/α-hetero) is 1. The quantitative estimate of drug-likeness (QED) is 0.383. The van der Waals surface area contributed by atoms with Crippen molar-refractivity contribution in [2.45, 2.75) is 13.1 Å². The molecule has 0 fully saturated rings. The third kappa shape index (κ3) is 3.80. The Labute approximate surface area is 105 Å². The highest BCUT2D eigenvalue weighted by Gasteiger charge is 2.30. The van der Waals surface area contributed by atoms with Gasteiger partial charge in [0.15, 0.2) is 5.78 Å². The average Bonchev–Trinajstić information content (AvgIpc) is 2.28. The molecule has 0 atom stereocenters. The maximum atomic E-state index is 12.4. The van der Waals surface area contributed by atoms with Gasteiger partial charge in [-0.3, -0.25) is 9.59 Å². The molecule has 19 heavy (non-hydrogen) atoms. The zero-order chi connectivity index (χ0) is 14.6. The fourth-order valence-electron chi connectivity index (χ4n) is 1.24. The number of hydrogen-bond donors (Lipinski definition) is 2. The topological polar surface area (TPSA) is 78.8 Å². The highest BCUT2D eigenvalue weighted by atomic mass is 19.4. The van der Waals surface area contributed by atoms with Crippen molar-refractivity contribution in [1.29, 1.82) is 0 Å². The summed E-state index contributed by atoms with van der Waals surface area (Å²) in [5, 5.41) is 13.0. The number of ketones is 1. The van der Waals surface area contributed by atoms with E-state index in [0.29, 0.717) is 6.07 Å². The van der Waals surface area contributed by atoms with Crippen LogP contribution in [0.2, 0.25) is 0 Å². The standard InChI is InChI=1S/C11H9F3N2O3/c1-6(17)9(16-19)10(18)15-8-4-2-3-7(5-8)11(12,13)14/h2-5,19H,1H3,(H,15,18)/b16-9+. The van der Waals surface area contributed by atoms with Gasteiger partial charge in [0.25, 0.3) is 5.91 Å². The second-order valence-electron chi connectivity index (χ2n) is 3.54. The minimum Gasteiger partial charge on any atom is -0.410 e. The number of hydrogen-bond acceptors (Lipinski definition) is 4. The van der Waals surface area contributed by atoms with Gasteiger partial charge in [0.2, 0.25) is 5.71 Å². The highest BCUT2D eigenvalue weighted by Crippen LogP contribution is 2.30. The van der Waals surface area contributed by atoms with E-state index in [1.54, 1.807) is 0 Å². The van der Waals surface area contributed by atoms with Crippen LogP contribution in [0.4, 0.5) is 18.9 Å². The molecule has 2 N–H and O–H groups in total. The van der Waals surface area contributed by atoms with Crippen LogP contribution >= 0.6 is 0 Å². The zero-order valence-electron chi connectivity index (χ0n) is 9.65. The predicted octanol–water partition coefficient (Wildman–Crippen LogP) is 2.06. The molecule has 1 amide bonds. The summed E-state index contributed by atoms with van der Waals surface area (Å²) in [5.41, 5.74) is -1.91. The Morgan fingerprint density at radius 3 is 2.42 bits per heavy atom. The van der Waals surface area contributed by atoms with Gasteiger partial charge in [-0.2, -0.15) is 13.2 Å². The zero-order valence-corrected chi connectivity index (χ0v) is 9.65. The summed E-state index contributed by atoms with van der Waals surface area (Å²) in [6.07, 6.45) is -4.55. The van der Waals surface area contributed by atoms with E-state index < -0.39 is 29.1 Å². The number of nitrogens with one attached hydrogen (secondary N) is 1. The van der Waals surface area contributed by atoms with E-state index >= 15 is 0 Å². The Morgan fingerprint density at radius 1 is 1.32 bits per heavy atom. The van der Waals surface area contributed by atoms with Crippen molar-refractivity contribution >= 4 is 23.1 Å². The van der Waals surface area contributed by atoms with Gasteiger partial charge in [-0.25, -0.2) is 0 Å². The summed E-state index contributed by atoms with van der Waals surface area (Å²) in [7, 11) is 0. The van der Waals surface area contributed by atoms with Crippen molar-refractivity contribution in [2.75, 3.05) is 5.32 Å². The van der Waals surface area contributed by atoms with Crippen LogP contribution in [-0.2, 0) is 15.8 Å². The van der Waals surface area contributed by atoms with Gasteiger partial charge in [-0.1, -0.05) is 11.2 Å². The Balaban J connectivity index is 2.95. The lowest BCUT2D eigenvalue weighted by Gasteiger charge is -2.09. The van der Waals surface area contributed by atoms with Gasteiger partial charge < -0.3 is 10.5 Å². The average molecular weight is 274 g/mol. The summed E-state index contributed by atoms with van der Waals surface area (Å²) in [4.78, 5) is 22.3. The Hall–Kier alpha value is -2.38. The van der Waals surface area contributed by atoms with E-state index in [0.717, 1.165) is 19.1 Å². The molecule has 8 heteroatoms. The summed E-state index contributed by atoms with van der Waals surface area (Å²) < 4.78 is 37.3.